The average molecular weight is 470 g/mol. The summed E-state index contributed by atoms with van der Waals surface area (Å²) in [7, 11) is 0. The van der Waals surface area contributed by atoms with Crippen LogP contribution in [0.4, 0.5) is 5.95 Å². The van der Waals surface area contributed by atoms with Gasteiger partial charge in [0.2, 0.25) is 5.95 Å². The Morgan fingerprint density at radius 1 is 1.24 bits per heavy atom. The molecule has 5 atom stereocenters. The molecule has 13 heteroatoms. The molecule has 2 amide bonds. The number of fused-ring (bicyclic) bond motifs is 2. The van der Waals surface area contributed by atoms with Crippen LogP contribution in [0.2, 0.25) is 0 Å². The largest absolute Gasteiger partial charge is 0.394 e. The van der Waals surface area contributed by atoms with Crippen molar-refractivity contribution >= 4 is 28.9 Å². The second-order valence-corrected chi connectivity index (χ2v) is 8.00. The molecule has 0 aliphatic carbocycles. The van der Waals surface area contributed by atoms with E-state index in [0.717, 1.165) is 4.90 Å². The number of hydrogen-bond donors (Lipinski definition) is 4. The second kappa shape index (κ2) is 8.29. The SMILES string of the molecule is CCC(O[C@@H]1[C@H](O)[C@@H](CO)O[C@H]1n1cnc2c(=O)[nH]c(N)nc21)N1C(=O)c2ccccc2C1=O. The van der Waals surface area contributed by atoms with Crippen molar-refractivity contribution in [3.05, 3.63) is 52.1 Å². The standard InChI is InChI=1S/C21H22N6O7/c1-2-12(27-18(31)9-5-3-4-6-10(9)19(27)32)34-15-14(29)11(7-28)33-20(15)26-8-23-13-16(26)24-21(22)25-17(13)30/h3-6,8,11-12,14-15,20,28-29H,2,7H2,1H3,(H3,22,24,25,30)/t11-,12?,14-,15-,20-/m1/s1. The lowest BCUT2D eigenvalue weighted by molar-refractivity contribution is -0.131. The summed E-state index contributed by atoms with van der Waals surface area (Å²) in [5.41, 5.74) is 5.72. The highest BCUT2D eigenvalue weighted by Gasteiger charge is 2.49. The van der Waals surface area contributed by atoms with Crippen LogP contribution in [0.1, 0.15) is 40.3 Å². The molecule has 1 fully saturated rings. The number of ether oxygens (including phenoxy) is 2. The van der Waals surface area contributed by atoms with Gasteiger partial charge in [-0.25, -0.2) is 9.88 Å². The molecule has 178 valence electrons. The number of aromatic nitrogens is 4. The summed E-state index contributed by atoms with van der Waals surface area (Å²) in [4.78, 5) is 49.6. The monoisotopic (exact) mass is 470 g/mol. The first kappa shape index (κ1) is 22.2. The quantitative estimate of drug-likeness (QED) is 0.338. The minimum atomic E-state index is -1.32. The smallest absolute Gasteiger partial charge is 0.280 e. The Morgan fingerprint density at radius 2 is 1.91 bits per heavy atom. The van der Waals surface area contributed by atoms with E-state index in [-0.39, 0.29) is 34.7 Å². The van der Waals surface area contributed by atoms with Crippen molar-refractivity contribution in [3.63, 3.8) is 0 Å². The van der Waals surface area contributed by atoms with Crippen LogP contribution < -0.4 is 11.3 Å². The normalized spacial score (nSPS) is 25.3. The molecule has 2 aromatic heterocycles. The number of imidazole rings is 1. The topological polar surface area (TPSA) is 186 Å². The maximum absolute atomic E-state index is 13.0. The molecule has 2 aliphatic heterocycles. The Balaban J connectivity index is 1.51. The first-order valence-corrected chi connectivity index (χ1v) is 10.6. The first-order valence-electron chi connectivity index (χ1n) is 10.6. The number of imide groups is 1. The zero-order valence-electron chi connectivity index (χ0n) is 18.0. The highest BCUT2D eigenvalue weighted by molar-refractivity contribution is 6.21. The van der Waals surface area contributed by atoms with E-state index in [4.69, 9.17) is 15.2 Å². The highest BCUT2D eigenvalue weighted by atomic mass is 16.6. The van der Waals surface area contributed by atoms with Gasteiger partial charge in [0.1, 0.15) is 24.5 Å². The molecule has 1 saturated heterocycles. The van der Waals surface area contributed by atoms with Gasteiger partial charge in [-0.2, -0.15) is 4.98 Å². The third kappa shape index (κ3) is 3.28. The van der Waals surface area contributed by atoms with Crippen LogP contribution >= 0.6 is 0 Å². The summed E-state index contributed by atoms with van der Waals surface area (Å²) in [6.45, 7) is 1.20. The molecule has 5 rings (SSSR count). The van der Waals surface area contributed by atoms with Crippen molar-refractivity contribution in [2.75, 3.05) is 12.3 Å². The molecule has 13 nitrogen and oxygen atoms in total. The number of anilines is 1. The van der Waals surface area contributed by atoms with Gasteiger partial charge in [-0.05, 0) is 18.6 Å². The van der Waals surface area contributed by atoms with Crippen LogP contribution in [0.5, 0.6) is 0 Å². The van der Waals surface area contributed by atoms with Crippen LogP contribution in [0.15, 0.2) is 35.4 Å². The third-order valence-electron chi connectivity index (χ3n) is 5.99. The van der Waals surface area contributed by atoms with Gasteiger partial charge in [0.15, 0.2) is 17.4 Å². The number of nitrogens with one attached hydrogen (secondary N) is 1. The summed E-state index contributed by atoms with van der Waals surface area (Å²) in [5.74, 6) is -1.17. The maximum Gasteiger partial charge on any atom is 0.280 e. The molecule has 3 aromatic rings. The van der Waals surface area contributed by atoms with Crippen LogP contribution in [0.25, 0.3) is 11.2 Å². The molecule has 1 unspecified atom stereocenters. The Morgan fingerprint density at radius 3 is 2.53 bits per heavy atom. The third-order valence-corrected chi connectivity index (χ3v) is 5.99. The average Bonchev–Trinajstić information content (AvgIpc) is 3.46. The van der Waals surface area contributed by atoms with Crippen molar-refractivity contribution in [1.82, 2.24) is 24.4 Å². The van der Waals surface area contributed by atoms with Gasteiger partial charge in [-0.3, -0.25) is 23.9 Å². The molecule has 34 heavy (non-hydrogen) atoms. The lowest BCUT2D eigenvalue weighted by Crippen LogP contribution is -2.46. The van der Waals surface area contributed by atoms with E-state index in [1.165, 1.54) is 10.9 Å². The summed E-state index contributed by atoms with van der Waals surface area (Å²) in [6, 6.07) is 6.45. The Labute approximate surface area is 191 Å². The number of aliphatic hydroxyl groups excluding tert-OH is 2. The Kier molecular flexibility index (Phi) is 5.40. The summed E-state index contributed by atoms with van der Waals surface area (Å²) in [5, 5.41) is 20.5. The molecule has 5 N–H and O–H groups in total. The van der Waals surface area contributed by atoms with Crippen molar-refractivity contribution in [1.29, 1.82) is 0 Å². The zero-order valence-corrected chi connectivity index (χ0v) is 18.0. The molecule has 1 aromatic carbocycles. The Bertz CT molecular complexity index is 1300. The van der Waals surface area contributed by atoms with Gasteiger partial charge < -0.3 is 25.4 Å². The molecule has 4 heterocycles. The number of rotatable bonds is 6. The molecule has 0 saturated carbocycles. The number of carbonyl (C=O) groups is 2. The van der Waals surface area contributed by atoms with E-state index in [1.807, 2.05) is 0 Å². The van der Waals surface area contributed by atoms with E-state index in [0.29, 0.717) is 0 Å². The zero-order chi connectivity index (χ0) is 24.1. The molecule has 0 radical (unpaired) electrons. The van der Waals surface area contributed by atoms with Crippen LogP contribution in [-0.2, 0) is 9.47 Å². The molecular formula is C21H22N6O7. The van der Waals surface area contributed by atoms with E-state index < -0.39 is 54.7 Å². The van der Waals surface area contributed by atoms with Crippen LogP contribution in [0, 0.1) is 0 Å². The van der Waals surface area contributed by atoms with E-state index in [1.54, 1.807) is 31.2 Å². The summed E-state index contributed by atoms with van der Waals surface area (Å²) in [6.07, 6.45) is -4.13. The number of nitrogen functional groups attached to an aromatic ring is 1. The van der Waals surface area contributed by atoms with Crippen molar-refractivity contribution < 1.29 is 29.3 Å². The number of H-pyrrole nitrogens is 1. The fourth-order valence-electron chi connectivity index (χ4n) is 4.36. The van der Waals surface area contributed by atoms with Crippen molar-refractivity contribution in [2.24, 2.45) is 0 Å². The van der Waals surface area contributed by atoms with Gasteiger partial charge >= 0.3 is 0 Å². The lowest BCUT2D eigenvalue weighted by atomic mass is 10.1. The highest BCUT2D eigenvalue weighted by Crippen LogP contribution is 2.36. The number of amides is 2. The number of aromatic amines is 1. The van der Waals surface area contributed by atoms with Gasteiger partial charge in [-0.15, -0.1) is 0 Å². The molecule has 0 bridgehead atoms. The minimum absolute atomic E-state index is 0.00845. The predicted octanol–water partition coefficient (Wildman–Crippen LogP) is -0.630. The predicted molar refractivity (Wildman–Crippen MR) is 115 cm³/mol. The van der Waals surface area contributed by atoms with Gasteiger partial charge in [0, 0.05) is 0 Å². The number of aliphatic hydroxyl groups is 2. The van der Waals surface area contributed by atoms with Crippen molar-refractivity contribution in [3.8, 4) is 0 Å². The maximum atomic E-state index is 13.0. The first-order chi connectivity index (χ1) is 16.3. The fraction of sp³-hybridized carbons (Fsp3) is 0.381. The van der Waals surface area contributed by atoms with Crippen LogP contribution in [0.3, 0.4) is 0 Å². The fourth-order valence-corrected chi connectivity index (χ4v) is 4.36. The number of carbonyl (C=O) groups excluding carboxylic acids is 2. The van der Waals surface area contributed by atoms with Gasteiger partial charge in [0.05, 0.1) is 24.1 Å². The Hall–Kier alpha value is -3.65. The van der Waals surface area contributed by atoms with E-state index in [2.05, 4.69) is 15.0 Å². The molecule has 2 aliphatic rings. The van der Waals surface area contributed by atoms with E-state index >= 15 is 0 Å². The van der Waals surface area contributed by atoms with E-state index in [9.17, 15) is 24.6 Å². The summed E-state index contributed by atoms with van der Waals surface area (Å²) >= 11 is 0. The second-order valence-electron chi connectivity index (χ2n) is 8.00. The lowest BCUT2D eigenvalue weighted by Gasteiger charge is -2.31. The van der Waals surface area contributed by atoms with Crippen molar-refractivity contribution in [2.45, 2.75) is 44.1 Å². The number of nitrogens with two attached hydrogens (primary N) is 1. The molecule has 0 spiro atoms. The molecular weight excluding hydrogens is 448 g/mol. The minimum Gasteiger partial charge on any atom is -0.394 e. The number of benzene rings is 1. The summed E-state index contributed by atoms with van der Waals surface area (Å²) < 4.78 is 13.3. The van der Waals surface area contributed by atoms with Crippen LogP contribution in [-0.4, -0.2) is 77.6 Å². The van der Waals surface area contributed by atoms with Gasteiger partial charge in [-0.1, -0.05) is 19.1 Å². The number of nitrogens with zero attached hydrogens (tertiary/aromatic N) is 4. The van der Waals surface area contributed by atoms with Gasteiger partial charge in [0.25, 0.3) is 17.4 Å². The number of hydrogen-bond acceptors (Lipinski definition) is 10.